The number of Topliss-reactive ketones (excluding diaryl/α,β-unsaturated/α-hetero) is 1. The van der Waals surface area contributed by atoms with Gasteiger partial charge >= 0.3 is 5.97 Å². The van der Waals surface area contributed by atoms with Crippen LogP contribution in [0, 0.1) is 0 Å². The minimum Gasteiger partial charge on any atom is -0.451 e. The zero-order chi connectivity index (χ0) is 13.3. The van der Waals surface area contributed by atoms with Crippen LogP contribution in [0.1, 0.15) is 20.8 Å². The number of carbonyl (C=O) groups excluding carboxylic acids is 2. The second-order valence-corrected chi connectivity index (χ2v) is 4.86. The third-order valence-corrected chi connectivity index (χ3v) is 3.05. The standard InChI is InChI=1S/C14H16NO3/c1-10(16)12-11(14(2,3)18-13(12)17)9-15-7-5-4-6-8-15/h4-8H,9H2,1-3H3/q+1. The van der Waals surface area contributed by atoms with Crippen molar-refractivity contribution >= 4 is 11.8 Å². The van der Waals surface area contributed by atoms with E-state index in [1.807, 2.05) is 35.2 Å². The molecule has 0 fully saturated rings. The molecule has 4 heteroatoms. The highest BCUT2D eigenvalue weighted by atomic mass is 16.6. The van der Waals surface area contributed by atoms with Gasteiger partial charge in [-0.1, -0.05) is 6.07 Å². The van der Waals surface area contributed by atoms with Crippen molar-refractivity contribution in [1.82, 2.24) is 0 Å². The van der Waals surface area contributed by atoms with Gasteiger partial charge in [0.1, 0.15) is 11.2 Å². The molecule has 0 N–H and O–H groups in total. The van der Waals surface area contributed by atoms with Crippen molar-refractivity contribution in [2.45, 2.75) is 32.9 Å². The lowest BCUT2D eigenvalue weighted by molar-refractivity contribution is -0.689. The number of rotatable bonds is 3. The van der Waals surface area contributed by atoms with Crippen molar-refractivity contribution in [1.29, 1.82) is 0 Å². The first-order valence-electron chi connectivity index (χ1n) is 5.84. The Morgan fingerprint density at radius 1 is 1.28 bits per heavy atom. The van der Waals surface area contributed by atoms with Gasteiger partial charge in [-0.25, -0.2) is 9.36 Å². The smallest absolute Gasteiger partial charge is 0.342 e. The number of cyclic esters (lactones) is 1. The van der Waals surface area contributed by atoms with Crippen molar-refractivity contribution in [3.05, 3.63) is 41.7 Å². The highest BCUT2D eigenvalue weighted by molar-refractivity contribution is 6.18. The highest BCUT2D eigenvalue weighted by Gasteiger charge is 2.43. The zero-order valence-electron chi connectivity index (χ0n) is 10.8. The Morgan fingerprint density at radius 2 is 1.89 bits per heavy atom. The van der Waals surface area contributed by atoms with E-state index in [1.54, 1.807) is 13.8 Å². The van der Waals surface area contributed by atoms with Crippen LogP contribution in [0.25, 0.3) is 0 Å². The lowest BCUT2D eigenvalue weighted by atomic mass is 9.94. The van der Waals surface area contributed by atoms with Crippen LogP contribution >= 0.6 is 0 Å². The van der Waals surface area contributed by atoms with Gasteiger partial charge in [-0.3, -0.25) is 4.79 Å². The van der Waals surface area contributed by atoms with Gasteiger partial charge in [-0.05, 0) is 20.8 Å². The van der Waals surface area contributed by atoms with E-state index in [0.717, 1.165) is 5.57 Å². The number of pyridine rings is 1. The molecule has 18 heavy (non-hydrogen) atoms. The Kier molecular flexibility index (Phi) is 3.03. The number of ketones is 1. The number of ether oxygens (including phenoxy) is 1. The molecule has 1 aromatic heterocycles. The first-order chi connectivity index (χ1) is 8.42. The van der Waals surface area contributed by atoms with Crippen LogP contribution in [0.15, 0.2) is 41.7 Å². The molecule has 0 spiro atoms. The maximum Gasteiger partial charge on any atom is 0.342 e. The molecule has 4 nitrogen and oxygen atoms in total. The normalized spacial score (nSPS) is 17.8. The highest BCUT2D eigenvalue weighted by Crippen LogP contribution is 2.32. The van der Waals surface area contributed by atoms with E-state index in [9.17, 15) is 9.59 Å². The largest absolute Gasteiger partial charge is 0.451 e. The average molecular weight is 246 g/mol. The molecule has 2 rings (SSSR count). The van der Waals surface area contributed by atoms with E-state index in [2.05, 4.69) is 0 Å². The maximum absolute atomic E-state index is 11.7. The van der Waals surface area contributed by atoms with E-state index in [0.29, 0.717) is 6.54 Å². The summed E-state index contributed by atoms with van der Waals surface area (Å²) in [6.07, 6.45) is 3.78. The monoisotopic (exact) mass is 246 g/mol. The summed E-state index contributed by atoms with van der Waals surface area (Å²) in [5.41, 5.74) is 0.202. The molecule has 94 valence electrons. The van der Waals surface area contributed by atoms with Crippen LogP contribution in [-0.2, 0) is 20.9 Å². The van der Waals surface area contributed by atoms with Gasteiger partial charge in [0.15, 0.2) is 24.7 Å². The van der Waals surface area contributed by atoms with Crippen molar-refractivity contribution in [3.8, 4) is 0 Å². The summed E-state index contributed by atoms with van der Waals surface area (Å²) in [6, 6.07) is 5.72. The van der Waals surface area contributed by atoms with Crippen molar-refractivity contribution < 1.29 is 18.9 Å². The summed E-state index contributed by atoms with van der Waals surface area (Å²) in [5.74, 6) is -0.754. The minimum absolute atomic E-state index is 0.191. The molecule has 0 saturated carbocycles. The van der Waals surface area contributed by atoms with E-state index in [1.165, 1.54) is 6.92 Å². The van der Waals surface area contributed by atoms with Gasteiger partial charge in [0.25, 0.3) is 0 Å². The fraction of sp³-hybridized carbons (Fsp3) is 0.357. The van der Waals surface area contributed by atoms with E-state index in [-0.39, 0.29) is 11.4 Å². The third kappa shape index (κ3) is 2.18. The summed E-state index contributed by atoms with van der Waals surface area (Å²) in [6.45, 7) is 5.49. The SMILES string of the molecule is CC(=O)C1=C(C[n+]2ccccc2)C(C)(C)OC1=O. The van der Waals surface area contributed by atoms with Gasteiger partial charge in [0.05, 0.1) is 5.57 Å². The zero-order valence-corrected chi connectivity index (χ0v) is 10.8. The molecule has 0 aliphatic carbocycles. The quantitative estimate of drug-likeness (QED) is 0.457. The number of esters is 1. The van der Waals surface area contributed by atoms with Crippen molar-refractivity contribution in [3.63, 3.8) is 0 Å². The molecule has 1 aliphatic heterocycles. The number of carbonyl (C=O) groups is 2. The molecule has 0 unspecified atom stereocenters. The first kappa shape index (κ1) is 12.5. The minimum atomic E-state index is -0.721. The summed E-state index contributed by atoms with van der Waals surface area (Å²) >= 11 is 0. The van der Waals surface area contributed by atoms with Gasteiger partial charge < -0.3 is 4.74 Å². The molecule has 0 aromatic carbocycles. The van der Waals surface area contributed by atoms with Crippen LogP contribution in [0.3, 0.4) is 0 Å². The Balaban J connectivity index is 2.43. The third-order valence-electron chi connectivity index (χ3n) is 3.05. The average Bonchev–Trinajstić information content (AvgIpc) is 2.50. The van der Waals surface area contributed by atoms with Gasteiger partial charge in [-0.2, -0.15) is 0 Å². The molecule has 0 bridgehead atoms. The Hall–Kier alpha value is -1.97. The first-order valence-corrected chi connectivity index (χ1v) is 5.84. The summed E-state index contributed by atoms with van der Waals surface area (Å²) in [4.78, 5) is 23.3. The van der Waals surface area contributed by atoms with Crippen LogP contribution in [0.4, 0.5) is 0 Å². The Labute approximate surface area is 106 Å². The fourth-order valence-electron chi connectivity index (χ4n) is 2.12. The van der Waals surface area contributed by atoms with Crippen molar-refractivity contribution in [2.24, 2.45) is 0 Å². The van der Waals surface area contributed by atoms with Gasteiger partial charge in [-0.15, -0.1) is 0 Å². The molecule has 0 atom stereocenters. The lowest BCUT2D eigenvalue weighted by Gasteiger charge is -2.19. The van der Waals surface area contributed by atoms with E-state index < -0.39 is 11.6 Å². The number of aromatic nitrogens is 1. The molecule has 0 radical (unpaired) electrons. The summed E-state index contributed by atoms with van der Waals surface area (Å²) < 4.78 is 7.18. The molecule has 0 saturated heterocycles. The van der Waals surface area contributed by atoms with Crippen LogP contribution in [0.2, 0.25) is 0 Å². The number of hydrogen-bond donors (Lipinski definition) is 0. The van der Waals surface area contributed by atoms with E-state index in [4.69, 9.17) is 4.74 Å². The van der Waals surface area contributed by atoms with E-state index >= 15 is 0 Å². The maximum atomic E-state index is 11.7. The lowest BCUT2D eigenvalue weighted by Crippen LogP contribution is -2.38. The fourth-order valence-corrected chi connectivity index (χ4v) is 2.12. The topological polar surface area (TPSA) is 47.2 Å². The molecular weight excluding hydrogens is 230 g/mol. The van der Waals surface area contributed by atoms with Crippen LogP contribution in [-0.4, -0.2) is 17.4 Å². The predicted molar refractivity (Wildman–Crippen MR) is 64.5 cm³/mol. The predicted octanol–water partition coefficient (Wildman–Crippen LogP) is 1.20. The second-order valence-electron chi connectivity index (χ2n) is 4.86. The molecule has 1 aliphatic rings. The number of hydrogen-bond acceptors (Lipinski definition) is 3. The van der Waals surface area contributed by atoms with Gasteiger partial charge in [0.2, 0.25) is 0 Å². The van der Waals surface area contributed by atoms with Crippen LogP contribution in [0.5, 0.6) is 0 Å². The van der Waals surface area contributed by atoms with Gasteiger partial charge in [0, 0.05) is 12.1 Å². The number of nitrogens with zero attached hydrogens (tertiary/aromatic N) is 1. The molecule has 1 aromatic rings. The molecular formula is C14H16NO3+. The van der Waals surface area contributed by atoms with Crippen molar-refractivity contribution in [2.75, 3.05) is 0 Å². The molecule has 2 heterocycles. The van der Waals surface area contributed by atoms with Crippen LogP contribution < -0.4 is 4.57 Å². The Bertz CT molecular complexity index is 529. The summed E-state index contributed by atoms with van der Waals surface area (Å²) in [5, 5.41) is 0. The molecule has 0 amide bonds. The second kappa shape index (κ2) is 4.37. The summed E-state index contributed by atoms with van der Waals surface area (Å²) in [7, 11) is 0. The Morgan fingerprint density at radius 3 is 2.44 bits per heavy atom.